The summed E-state index contributed by atoms with van der Waals surface area (Å²) in [7, 11) is 0. The molecule has 0 aliphatic carbocycles. The van der Waals surface area contributed by atoms with E-state index in [1.165, 1.54) is 19.9 Å². The number of fused-ring (bicyclic) bond motifs is 1. The lowest BCUT2D eigenvalue weighted by Crippen LogP contribution is -1.81. The van der Waals surface area contributed by atoms with E-state index in [-0.39, 0.29) is 0 Å². The summed E-state index contributed by atoms with van der Waals surface area (Å²) >= 11 is 2.37. The first-order chi connectivity index (χ1) is 5.83. The predicted octanol–water partition coefficient (Wildman–Crippen LogP) is 3.33. The van der Waals surface area contributed by atoms with E-state index in [9.17, 15) is 0 Å². The van der Waals surface area contributed by atoms with Gasteiger partial charge >= 0.3 is 0 Å². The molecule has 12 heavy (non-hydrogen) atoms. The Hall–Kier alpha value is -0.510. The van der Waals surface area contributed by atoms with Crippen molar-refractivity contribution in [2.45, 2.75) is 13.3 Å². The predicted molar refractivity (Wildman–Crippen MR) is 60.4 cm³/mol. The first-order valence-corrected chi connectivity index (χ1v) is 5.14. The van der Waals surface area contributed by atoms with E-state index in [0.717, 1.165) is 6.42 Å². The minimum absolute atomic E-state index is 1.10. The van der Waals surface area contributed by atoms with E-state index in [4.69, 9.17) is 0 Å². The second-order valence-electron chi connectivity index (χ2n) is 2.84. The lowest BCUT2D eigenvalue weighted by molar-refractivity contribution is 1.16. The van der Waals surface area contributed by atoms with Crippen molar-refractivity contribution in [3.63, 3.8) is 0 Å². The maximum absolute atomic E-state index is 3.15. The number of H-pyrrole nitrogens is 1. The van der Waals surface area contributed by atoms with Crippen LogP contribution in [0.1, 0.15) is 12.5 Å². The van der Waals surface area contributed by atoms with Crippen molar-refractivity contribution in [2.24, 2.45) is 0 Å². The van der Waals surface area contributed by atoms with Crippen LogP contribution in [0.4, 0.5) is 0 Å². The fraction of sp³-hybridized carbons (Fsp3) is 0.200. The zero-order valence-corrected chi connectivity index (χ0v) is 9.05. The lowest BCUT2D eigenvalue weighted by atomic mass is 10.1. The van der Waals surface area contributed by atoms with Gasteiger partial charge in [0.2, 0.25) is 0 Å². The number of aromatic nitrogens is 1. The van der Waals surface area contributed by atoms with E-state index >= 15 is 0 Å². The van der Waals surface area contributed by atoms with Crippen LogP contribution in [0.2, 0.25) is 0 Å². The van der Waals surface area contributed by atoms with Crippen molar-refractivity contribution in [3.05, 3.63) is 33.7 Å². The molecule has 0 atom stereocenters. The van der Waals surface area contributed by atoms with Crippen molar-refractivity contribution in [3.8, 4) is 0 Å². The standard InChI is InChI=1S/C10H10IN/c1-2-7-3-4-10(11)9-6-12-5-8(7)9/h3-6,12H,2H2,1H3. The van der Waals surface area contributed by atoms with Gasteiger partial charge in [0, 0.05) is 26.7 Å². The zero-order chi connectivity index (χ0) is 8.55. The summed E-state index contributed by atoms with van der Waals surface area (Å²) in [6.45, 7) is 2.19. The Labute approximate surface area is 85.3 Å². The molecule has 0 amide bonds. The fourth-order valence-corrected chi connectivity index (χ4v) is 2.11. The average molecular weight is 271 g/mol. The molecule has 2 aromatic rings. The summed E-state index contributed by atoms with van der Waals surface area (Å²) in [4.78, 5) is 3.15. The number of hydrogen-bond acceptors (Lipinski definition) is 0. The van der Waals surface area contributed by atoms with E-state index in [0.29, 0.717) is 0 Å². The van der Waals surface area contributed by atoms with Gasteiger partial charge in [0.05, 0.1) is 0 Å². The topological polar surface area (TPSA) is 15.8 Å². The van der Waals surface area contributed by atoms with Crippen LogP contribution in [-0.2, 0) is 6.42 Å². The highest BCUT2D eigenvalue weighted by Gasteiger charge is 2.02. The van der Waals surface area contributed by atoms with Crippen molar-refractivity contribution in [2.75, 3.05) is 0 Å². The van der Waals surface area contributed by atoms with Crippen molar-refractivity contribution < 1.29 is 0 Å². The number of hydrogen-bond donors (Lipinski definition) is 1. The number of halogens is 1. The minimum Gasteiger partial charge on any atom is -0.366 e. The Balaban J connectivity index is 2.82. The van der Waals surface area contributed by atoms with E-state index < -0.39 is 0 Å². The fourth-order valence-electron chi connectivity index (χ4n) is 1.49. The molecular weight excluding hydrogens is 261 g/mol. The van der Waals surface area contributed by atoms with Crippen LogP contribution in [0.25, 0.3) is 10.8 Å². The van der Waals surface area contributed by atoms with Gasteiger partial charge in [-0.05, 0) is 40.6 Å². The Morgan fingerprint density at radius 2 is 2.00 bits per heavy atom. The van der Waals surface area contributed by atoms with E-state index in [2.05, 4.69) is 59.0 Å². The highest BCUT2D eigenvalue weighted by molar-refractivity contribution is 14.1. The molecule has 0 saturated carbocycles. The summed E-state index contributed by atoms with van der Waals surface area (Å²) in [5.74, 6) is 0. The molecule has 0 unspecified atom stereocenters. The van der Waals surface area contributed by atoms with Crippen LogP contribution >= 0.6 is 22.6 Å². The van der Waals surface area contributed by atoms with Crippen molar-refractivity contribution in [1.82, 2.24) is 4.98 Å². The number of benzene rings is 1. The highest BCUT2D eigenvalue weighted by atomic mass is 127. The van der Waals surface area contributed by atoms with Gasteiger partial charge < -0.3 is 4.98 Å². The third-order valence-electron chi connectivity index (χ3n) is 2.16. The van der Waals surface area contributed by atoms with Gasteiger partial charge in [0.1, 0.15) is 0 Å². The molecule has 0 spiro atoms. The van der Waals surface area contributed by atoms with Crippen molar-refractivity contribution in [1.29, 1.82) is 0 Å². The third kappa shape index (κ3) is 1.14. The normalized spacial score (nSPS) is 10.8. The second-order valence-corrected chi connectivity index (χ2v) is 4.00. The molecule has 1 aromatic carbocycles. The molecule has 62 valence electrons. The molecule has 1 aromatic heterocycles. The maximum atomic E-state index is 3.15. The van der Waals surface area contributed by atoms with Gasteiger partial charge in [-0.2, -0.15) is 0 Å². The van der Waals surface area contributed by atoms with Gasteiger partial charge in [0.25, 0.3) is 0 Å². The van der Waals surface area contributed by atoms with Crippen LogP contribution in [0.5, 0.6) is 0 Å². The van der Waals surface area contributed by atoms with Crippen LogP contribution in [0.3, 0.4) is 0 Å². The van der Waals surface area contributed by atoms with Gasteiger partial charge in [-0.25, -0.2) is 0 Å². The molecule has 1 nitrogen and oxygen atoms in total. The van der Waals surface area contributed by atoms with Crippen LogP contribution in [-0.4, -0.2) is 4.98 Å². The van der Waals surface area contributed by atoms with Crippen LogP contribution in [0.15, 0.2) is 24.5 Å². The molecule has 0 radical (unpaired) electrons. The average Bonchev–Trinajstić information content (AvgIpc) is 2.54. The molecule has 1 heterocycles. The number of rotatable bonds is 1. The molecule has 0 saturated heterocycles. The van der Waals surface area contributed by atoms with Gasteiger partial charge in [-0.1, -0.05) is 13.0 Å². The Morgan fingerprint density at radius 3 is 2.75 bits per heavy atom. The Kier molecular flexibility index (Phi) is 2.09. The number of nitrogens with one attached hydrogen (secondary N) is 1. The molecule has 2 heteroatoms. The van der Waals surface area contributed by atoms with Gasteiger partial charge in [0.15, 0.2) is 0 Å². The largest absolute Gasteiger partial charge is 0.366 e. The number of aromatic amines is 1. The molecule has 0 aliphatic rings. The van der Waals surface area contributed by atoms with Gasteiger partial charge in [-0.3, -0.25) is 0 Å². The maximum Gasteiger partial charge on any atom is 0.0224 e. The van der Waals surface area contributed by atoms with E-state index in [1.54, 1.807) is 0 Å². The Bertz CT molecular complexity index is 403. The first-order valence-electron chi connectivity index (χ1n) is 4.07. The molecule has 2 rings (SSSR count). The van der Waals surface area contributed by atoms with Crippen LogP contribution < -0.4 is 0 Å². The summed E-state index contributed by atoms with van der Waals surface area (Å²) in [5, 5.41) is 2.71. The third-order valence-corrected chi connectivity index (χ3v) is 3.10. The molecule has 0 fully saturated rings. The lowest BCUT2D eigenvalue weighted by Gasteiger charge is -2.00. The van der Waals surface area contributed by atoms with Crippen LogP contribution in [0, 0.1) is 3.57 Å². The first kappa shape index (κ1) is 8.10. The molecule has 0 aliphatic heterocycles. The highest BCUT2D eigenvalue weighted by Crippen LogP contribution is 2.23. The summed E-state index contributed by atoms with van der Waals surface area (Å²) < 4.78 is 1.32. The SMILES string of the molecule is CCc1ccc(I)c2c[nH]cc12. The van der Waals surface area contributed by atoms with Gasteiger partial charge in [-0.15, -0.1) is 0 Å². The molecule has 0 bridgehead atoms. The monoisotopic (exact) mass is 271 g/mol. The minimum atomic E-state index is 1.10. The quantitative estimate of drug-likeness (QED) is 0.766. The zero-order valence-electron chi connectivity index (χ0n) is 6.89. The summed E-state index contributed by atoms with van der Waals surface area (Å²) in [6.07, 6.45) is 5.25. The summed E-state index contributed by atoms with van der Waals surface area (Å²) in [6, 6.07) is 4.38. The molecule has 1 N–H and O–H groups in total. The van der Waals surface area contributed by atoms with E-state index in [1.807, 2.05) is 0 Å². The number of aryl methyl sites for hydroxylation is 1. The summed E-state index contributed by atoms with van der Waals surface area (Å²) in [5.41, 5.74) is 1.42. The van der Waals surface area contributed by atoms with Crippen molar-refractivity contribution >= 4 is 33.4 Å². The Morgan fingerprint density at radius 1 is 1.25 bits per heavy atom. The molecular formula is C10H10IN. The smallest absolute Gasteiger partial charge is 0.0224 e. The second kappa shape index (κ2) is 3.09.